The van der Waals surface area contributed by atoms with Gasteiger partial charge in [-0.25, -0.2) is 0 Å². The van der Waals surface area contributed by atoms with Gasteiger partial charge in [0.25, 0.3) is 0 Å². The summed E-state index contributed by atoms with van der Waals surface area (Å²) in [7, 11) is 0. The molecule has 1 aliphatic carbocycles. The van der Waals surface area contributed by atoms with Crippen LogP contribution in [-0.4, -0.2) is 0 Å². The number of hydrogen-bond acceptors (Lipinski definition) is 0. The topological polar surface area (TPSA) is 0 Å². The van der Waals surface area contributed by atoms with E-state index in [4.69, 9.17) is 0 Å². The summed E-state index contributed by atoms with van der Waals surface area (Å²) in [6.07, 6.45) is 1.24. The summed E-state index contributed by atoms with van der Waals surface area (Å²) in [5.74, 6) is 3.27. The van der Waals surface area contributed by atoms with Crippen molar-refractivity contribution in [2.24, 2.45) is 23.7 Å². The molecule has 0 nitrogen and oxygen atoms in total. The molecule has 0 aromatic heterocycles. The van der Waals surface area contributed by atoms with Crippen molar-refractivity contribution in [1.82, 2.24) is 0 Å². The van der Waals surface area contributed by atoms with Gasteiger partial charge < -0.3 is 0 Å². The van der Waals surface area contributed by atoms with Gasteiger partial charge >= 0.3 is 0 Å². The third-order valence-corrected chi connectivity index (χ3v) is 3.74. The first kappa shape index (κ1) is 8.83. The van der Waals surface area contributed by atoms with Gasteiger partial charge in [0.15, 0.2) is 0 Å². The van der Waals surface area contributed by atoms with Crippen LogP contribution in [0, 0.1) is 23.7 Å². The van der Waals surface area contributed by atoms with Crippen LogP contribution in [0.2, 0.25) is 0 Å². The molecule has 0 aliphatic heterocycles. The molecule has 1 fully saturated rings. The van der Waals surface area contributed by atoms with E-state index in [2.05, 4.69) is 34.3 Å². The third-order valence-electron chi connectivity index (χ3n) is 3.74. The average molecular weight is 152 g/mol. The van der Waals surface area contributed by atoms with Crippen molar-refractivity contribution < 1.29 is 0 Å². The SMILES string of the molecule is C=C1CC(C)C(C)C(C)C1C. The Morgan fingerprint density at radius 1 is 1.09 bits per heavy atom. The maximum atomic E-state index is 4.13. The first-order valence-electron chi connectivity index (χ1n) is 4.71. The lowest BCUT2D eigenvalue weighted by molar-refractivity contribution is 0.186. The van der Waals surface area contributed by atoms with Crippen LogP contribution in [0.25, 0.3) is 0 Å². The molecule has 4 unspecified atom stereocenters. The van der Waals surface area contributed by atoms with Gasteiger partial charge in [-0.2, -0.15) is 0 Å². The predicted molar refractivity (Wildman–Crippen MR) is 50.4 cm³/mol. The van der Waals surface area contributed by atoms with Crippen molar-refractivity contribution in [1.29, 1.82) is 0 Å². The highest BCUT2D eigenvalue weighted by Gasteiger charge is 2.30. The minimum Gasteiger partial charge on any atom is -0.0996 e. The van der Waals surface area contributed by atoms with E-state index in [0.717, 1.165) is 23.7 Å². The second-order valence-electron chi connectivity index (χ2n) is 4.35. The normalized spacial score (nSPS) is 46.0. The molecule has 0 saturated heterocycles. The molecule has 4 atom stereocenters. The Morgan fingerprint density at radius 3 is 2.18 bits per heavy atom. The van der Waals surface area contributed by atoms with Gasteiger partial charge in [-0.3, -0.25) is 0 Å². The number of allylic oxidation sites excluding steroid dienone is 1. The highest BCUT2D eigenvalue weighted by molar-refractivity contribution is 5.06. The van der Waals surface area contributed by atoms with E-state index in [9.17, 15) is 0 Å². The lowest BCUT2D eigenvalue weighted by Gasteiger charge is -2.38. The Morgan fingerprint density at radius 2 is 1.64 bits per heavy atom. The summed E-state index contributed by atoms with van der Waals surface area (Å²) in [6.45, 7) is 13.5. The molecule has 0 aromatic carbocycles. The maximum absolute atomic E-state index is 4.13. The van der Waals surface area contributed by atoms with Crippen LogP contribution in [0.3, 0.4) is 0 Å². The molecular weight excluding hydrogens is 132 g/mol. The highest BCUT2D eigenvalue weighted by Crippen LogP contribution is 2.40. The van der Waals surface area contributed by atoms with Gasteiger partial charge in [0, 0.05) is 0 Å². The molecule has 0 heteroatoms. The minimum atomic E-state index is 0.737. The summed E-state index contributed by atoms with van der Waals surface area (Å²) < 4.78 is 0. The van der Waals surface area contributed by atoms with Gasteiger partial charge in [-0.05, 0) is 30.1 Å². The molecule has 0 heterocycles. The van der Waals surface area contributed by atoms with Crippen molar-refractivity contribution in [2.45, 2.75) is 34.1 Å². The molecule has 0 spiro atoms. The van der Waals surface area contributed by atoms with Crippen LogP contribution >= 0.6 is 0 Å². The van der Waals surface area contributed by atoms with Gasteiger partial charge in [0.2, 0.25) is 0 Å². The average Bonchev–Trinajstić information content (AvgIpc) is 1.97. The lowest BCUT2D eigenvalue weighted by atomic mass is 9.67. The highest BCUT2D eigenvalue weighted by atomic mass is 14.4. The van der Waals surface area contributed by atoms with E-state index >= 15 is 0 Å². The standard InChI is InChI=1S/C11H20/c1-7-6-8(2)10(4)11(5)9(7)3/h8-11H,1,6H2,2-5H3. The quantitative estimate of drug-likeness (QED) is 0.466. The third kappa shape index (κ3) is 1.50. The van der Waals surface area contributed by atoms with E-state index < -0.39 is 0 Å². The van der Waals surface area contributed by atoms with E-state index in [1.165, 1.54) is 12.0 Å². The van der Waals surface area contributed by atoms with Crippen LogP contribution in [0.15, 0.2) is 12.2 Å². The molecule has 64 valence electrons. The molecule has 0 amide bonds. The van der Waals surface area contributed by atoms with Crippen LogP contribution in [-0.2, 0) is 0 Å². The summed E-state index contributed by atoms with van der Waals surface area (Å²) in [5.41, 5.74) is 1.46. The summed E-state index contributed by atoms with van der Waals surface area (Å²) in [5, 5.41) is 0. The predicted octanol–water partition coefficient (Wildman–Crippen LogP) is 3.49. The Labute approximate surface area is 70.7 Å². The molecule has 0 bridgehead atoms. The van der Waals surface area contributed by atoms with Gasteiger partial charge in [0.1, 0.15) is 0 Å². The Kier molecular flexibility index (Phi) is 2.41. The van der Waals surface area contributed by atoms with Crippen molar-refractivity contribution in [3.8, 4) is 0 Å². The van der Waals surface area contributed by atoms with Crippen molar-refractivity contribution >= 4 is 0 Å². The fraction of sp³-hybridized carbons (Fsp3) is 0.818. The molecule has 1 saturated carbocycles. The zero-order valence-corrected chi connectivity index (χ0v) is 8.22. The summed E-state index contributed by atoms with van der Waals surface area (Å²) in [4.78, 5) is 0. The first-order chi connectivity index (χ1) is 5.04. The zero-order chi connectivity index (χ0) is 8.59. The van der Waals surface area contributed by atoms with Crippen LogP contribution in [0.5, 0.6) is 0 Å². The van der Waals surface area contributed by atoms with Gasteiger partial charge in [-0.15, -0.1) is 0 Å². The van der Waals surface area contributed by atoms with Crippen molar-refractivity contribution in [2.75, 3.05) is 0 Å². The van der Waals surface area contributed by atoms with E-state index in [-0.39, 0.29) is 0 Å². The fourth-order valence-corrected chi connectivity index (χ4v) is 2.13. The number of rotatable bonds is 0. The molecule has 1 aliphatic rings. The number of hydrogen-bond donors (Lipinski definition) is 0. The Bertz CT molecular complexity index is 157. The van der Waals surface area contributed by atoms with Crippen LogP contribution in [0.1, 0.15) is 34.1 Å². The van der Waals surface area contributed by atoms with Crippen LogP contribution in [0.4, 0.5) is 0 Å². The summed E-state index contributed by atoms with van der Waals surface area (Å²) in [6, 6.07) is 0. The molecule has 1 rings (SSSR count). The smallest absolute Gasteiger partial charge is 0.0206 e. The molecule has 11 heavy (non-hydrogen) atoms. The second kappa shape index (κ2) is 3.00. The van der Waals surface area contributed by atoms with Crippen LogP contribution < -0.4 is 0 Å². The fourth-order valence-electron chi connectivity index (χ4n) is 2.13. The van der Waals surface area contributed by atoms with E-state index in [1.54, 1.807) is 0 Å². The molecule has 0 radical (unpaired) electrons. The van der Waals surface area contributed by atoms with Crippen molar-refractivity contribution in [3.05, 3.63) is 12.2 Å². The Hall–Kier alpha value is -0.260. The summed E-state index contributed by atoms with van der Waals surface area (Å²) >= 11 is 0. The monoisotopic (exact) mass is 152 g/mol. The first-order valence-corrected chi connectivity index (χ1v) is 4.71. The minimum absolute atomic E-state index is 0.737. The van der Waals surface area contributed by atoms with E-state index in [1.807, 2.05) is 0 Å². The lowest BCUT2D eigenvalue weighted by Crippen LogP contribution is -2.29. The largest absolute Gasteiger partial charge is 0.0996 e. The Balaban J connectivity index is 2.70. The van der Waals surface area contributed by atoms with Gasteiger partial charge in [0.05, 0.1) is 0 Å². The second-order valence-corrected chi connectivity index (χ2v) is 4.35. The maximum Gasteiger partial charge on any atom is -0.0206 e. The van der Waals surface area contributed by atoms with Crippen molar-refractivity contribution in [3.63, 3.8) is 0 Å². The molecule has 0 aromatic rings. The zero-order valence-electron chi connectivity index (χ0n) is 8.22. The molecule has 0 N–H and O–H groups in total. The van der Waals surface area contributed by atoms with Gasteiger partial charge in [-0.1, -0.05) is 39.8 Å². The van der Waals surface area contributed by atoms with E-state index in [0.29, 0.717) is 0 Å². The molecular formula is C11H20.